The van der Waals surface area contributed by atoms with Crippen LogP contribution in [0.5, 0.6) is 0 Å². The molecule has 1 amide bonds. The number of nitrogens with one attached hydrogen (secondary N) is 1. The van der Waals surface area contributed by atoms with E-state index in [1.807, 2.05) is 0 Å². The number of aromatic nitrogens is 1. The van der Waals surface area contributed by atoms with E-state index in [0.29, 0.717) is 10.6 Å². The predicted molar refractivity (Wildman–Crippen MR) is 81.1 cm³/mol. The zero-order valence-electron chi connectivity index (χ0n) is 12.0. The number of rotatable bonds is 3. The molecule has 1 aromatic carbocycles. The number of hydrogen-bond donors (Lipinski definition) is 2. The second kappa shape index (κ2) is 6.75. The molecule has 0 radical (unpaired) electrons. The molecule has 130 valence electrons. The summed E-state index contributed by atoms with van der Waals surface area (Å²) in [4.78, 5) is 25.7. The average Bonchev–Trinajstić information content (AvgIpc) is 2.93. The Bertz CT molecular complexity index is 903. The van der Waals surface area contributed by atoms with E-state index < -0.39 is 34.5 Å². The van der Waals surface area contributed by atoms with Crippen LogP contribution in [0.25, 0.3) is 10.4 Å². The van der Waals surface area contributed by atoms with Crippen LogP contribution in [-0.2, 0) is 6.18 Å². The Morgan fingerprint density at radius 3 is 2.56 bits per heavy atom. The van der Waals surface area contributed by atoms with Crippen LogP contribution in [0.1, 0.15) is 16.1 Å². The number of nitrogens with zero attached hydrogens (tertiary/aromatic N) is 4. The Kier molecular flexibility index (Phi) is 4.91. The van der Waals surface area contributed by atoms with E-state index in [0.717, 1.165) is 24.4 Å². The summed E-state index contributed by atoms with van der Waals surface area (Å²) < 4.78 is 38.9. The van der Waals surface area contributed by atoms with Crippen molar-refractivity contribution in [2.75, 3.05) is 5.32 Å². The van der Waals surface area contributed by atoms with E-state index >= 15 is 0 Å². The molecule has 0 aliphatic carbocycles. The molecule has 1 aromatic heterocycles. The number of anilines is 1. The monoisotopic (exact) mass is 373 g/mol. The number of hydrogen-bond acceptors (Lipinski definition) is 3. The molecule has 0 unspecified atom stereocenters. The fraction of sp³-hybridized carbons (Fsp3) is 0.0769. The topological polar surface area (TPSA) is 120 Å². The normalized spacial score (nSPS) is 10.9. The van der Waals surface area contributed by atoms with Gasteiger partial charge in [0.15, 0.2) is 0 Å². The minimum absolute atomic E-state index is 0.151. The third-order valence-electron chi connectivity index (χ3n) is 2.93. The average molecular weight is 374 g/mol. The summed E-state index contributed by atoms with van der Waals surface area (Å²) in [5.41, 5.74) is 6.35. The van der Waals surface area contributed by atoms with E-state index in [1.54, 1.807) is 0 Å². The second-order valence-electron chi connectivity index (χ2n) is 4.57. The highest BCUT2D eigenvalue weighted by Crippen LogP contribution is 2.36. The maximum Gasteiger partial charge on any atom is 0.417 e. The molecule has 0 aliphatic heterocycles. The van der Waals surface area contributed by atoms with Gasteiger partial charge in [0.1, 0.15) is 5.69 Å². The summed E-state index contributed by atoms with van der Waals surface area (Å²) in [6, 6.07) is 3.66. The molecule has 0 spiro atoms. The van der Waals surface area contributed by atoms with Gasteiger partial charge in [0, 0.05) is 16.8 Å². The van der Waals surface area contributed by atoms with Gasteiger partial charge in [-0.15, -0.1) is 0 Å². The first-order chi connectivity index (χ1) is 11.6. The van der Waals surface area contributed by atoms with E-state index in [1.165, 1.54) is 0 Å². The Morgan fingerprint density at radius 2 is 2.00 bits per heavy atom. The van der Waals surface area contributed by atoms with Crippen LogP contribution in [0.4, 0.5) is 29.3 Å². The Labute approximate surface area is 142 Å². The van der Waals surface area contributed by atoms with Crippen LogP contribution in [0.15, 0.2) is 35.6 Å². The fourth-order valence-corrected chi connectivity index (χ4v) is 2.13. The van der Waals surface area contributed by atoms with Crippen LogP contribution >= 0.6 is 11.6 Å². The SMILES string of the molecule is [N-]=[N+]=Nc1cc(C(=O)Nc2ccc(Cl)c(C(F)(F)F)c2)n(C(=O)O)c1. The van der Waals surface area contributed by atoms with E-state index in [9.17, 15) is 22.8 Å². The summed E-state index contributed by atoms with van der Waals surface area (Å²) >= 11 is 5.48. The molecule has 25 heavy (non-hydrogen) atoms. The van der Waals surface area contributed by atoms with Gasteiger partial charge in [-0.05, 0) is 29.8 Å². The first kappa shape index (κ1) is 18.2. The molecular weight excluding hydrogens is 367 g/mol. The summed E-state index contributed by atoms with van der Waals surface area (Å²) in [6.45, 7) is 0. The summed E-state index contributed by atoms with van der Waals surface area (Å²) in [5.74, 6) is -1.02. The number of azide groups is 1. The van der Waals surface area contributed by atoms with Crippen molar-refractivity contribution in [3.05, 3.63) is 57.2 Å². The van der Waals surface area contributed by atoms with Crippen molar-refractivity contribution in [3.63, 3.8) is 0 Å². The highest BCUT2D eigenvalue weighted by atomic mass is 35.5. The number of carbonyl (C=O) groups is 2. The van der Waals surface area contributed by atoms with Crippen LogP contribution in [0, 0.1) is 0 Å². The Hall–Kier alpha value is -3.17. The van der Waals surface area contributed by atoms with Crippen LogP contribution in [0.2, 0.25) is 5.02 Å². The lowest BCUT2D eigenvalue weighted by Gasteiger charge is -2.12. The van der Waals surface area contributed by atoms with Crippen LogP contribution in [-0.4, -0.2) is 21.7 Å². The first-order valence-electron chi connectivity index (χ1n) is 6.32. The maximum absolute atomic E-state index is 12.8. The van der Waals surface area contributed by atoms with Gasteiger partial charge >= 0.3 is 12.3 Å². The van der Waals surface area contributed by atoms with Gasteiger partial charge < -0.3 is 10.4 Å². The summed E-state index contributed by atoms with van der Waals surface area (Å²) in [7, 11) is 0. The largest absolute Gasteiger partial charge is 0.464 e. The zero-order chi connectivity index (χ0) is 18.8. The van der Waals surface area contributed by atoms with Crippen molar-refractivity contribution in [2.45, 2.75) is 6.18 Å². The first-order valence-corrected chi connectivity index (χ1v) is 6.70. The highest BCUT2D eigenvalue weighted by Gasteiger charge is 2.33. The third-order valence-corrected chi connectivity index (χ3v) is 3.26. The predicted octanol–water partition coefficient (Wildman–Crippen LogP) is 4.88. The van der Waals surface area contributed by atoms with E-state index in [-0.39, 0.29) is 11.4 Å². The molecule has 0 atom stereocenters. The van der Waals surface area contributed by atoms with Gasteiger partial charge in [-0.1, -0.05) is 16.7 Å². The number of carboxylic acid groups (broad SMARTS) is 1. The molecule has 0 fully saturated rings. The quantitative estimate of drug-likeness (QED) is 0.453. The van der Waals surface area contributed by atoms with E-state index in [4.69, 9.17) is 22.2 Å². The van der Waals surface area contributed by atoms with E-state index in [2.05, 4.69) is 15.3 Å². The van der Waals surface area contributed by atoms with Crippen molar-refractivity contribution >= 4 is 35.0 Å². The Morgan fingerprint density at radius 1 is 1.32 bits per heavy atom. The number of carbonyl (C=O) groups excluding carboxylic acids is 1. The zero-order valence-corrected chi connectivity index (χ0v) is 12.7. The summed E-state index contributed by atoms with van der Waals surface area (Å²) in [5, 5.41) is 13.8. The number of amides is 1. The molecule has 2 N–H and O–H groups in total. The second-order valence-corrected chi connectivity index (χ2v) is 4.98. The standard InChI is InChI=1S/C13H7ClF3N5O3/c14-9-2-1-6(3-8(9)13(15,16)17)19-11(23)10-4-7(20-21-18)5-22(10)12(24)25/h1-5H,(H,19,23)(H,24,25). The van der Waals surface area contributed by atoms with Gasteiger partial charge in [-0.3, -0.25) is 4.79 Å². The van der Waals surface area contributed by atoms with Gasteiger partial charge in [0.05, 0.1) is 16.3 Å². The van der Waals surface area contributed by atoms with Crippen molar-refractivity contribution in [2.24, 2.45) is 5.11 Å². The lowest BCUT2D eigenvalue weighted by molar-refractivity contribution is -0.137. The van der Waals surface area contributed by atoms with Gasteiger partial charge in [-0.25, -0.2) is 9.36 Å². The maximum atomic E-state index is 12.8. The lowest BCUT2D eigenvalue weighted by atomic mass is 10.2. The molecule has 12 heteroatoms. The van der Waals surface area contributed by atoms with Gasteiger partial charge in [0.2, 0.25) is 0 Å². The van der Waals surface area contributed by atoms with Crippen molar-refractivity contribution in [1.82, 2.24) is 4.57 Å². The smallest absolute Gasteiger partial charge is 0.417 e. The molecule has 0 saturated carbocycles. The molecule has 0 aliphatic rings. The minimum Gasteiger partial charge on any atom is -0.464 e. The van der Waals surface area contributed by atoms with Gasteiger partial charge in [-0.2, -0.15) is 13.2 Å². The molecular formula is C13H7ClF3N5O3. The molecule has 0 saturated heterocycles. The third kappa shape index (κ3) is 4.03. The molecule has 2 rings (SSSR count). The van der Waals surface area contributed by atoms with Gasteiger partial charge in [0.25, 0.3) is 5.91 Å². The molecule has 8 nitrogen and oxygen atoms in total. The minimum atomic E-state index is -4.73. The van der Waals surface area contributed by atoms with Crippen molar-refractivity contribution in [3.8, 4) is 0 Å². The highest BCUT2D eigenvalue weighted by molar-refractivity contribution is 6.31. The molecule has 2 aromatic rings. The molecule has 0 bridgehead atoms. The summed E-state index contributed by atoms with van der Waals surface area (Å²) in [6.07, 6.45) is -5.38. The van der Waals surface area contributed by atoms with Crippen LogP contribution in [0.3, 0.4) is 0 Å². The molecule has 1 heterocycles. The lowest BCUT2D eigenvalue weighted by Crippen LogP contribution is -2.20. The van der Waals surface area contributed by atoms with Crippen molar-refractivity contribution < 1.29 is 27.9 Å². The van der Waals surface area contributed by atoms with Crippen LogP contribution < -0.4 is 5.32 Å². The Balaban J connectivity index is 2.37. The number of alkyl halides is 3. The fourth-order valence-electron chi connectivity index (χ4n) is 1.90. The number of benzene rings is 1. The van der Waals surface area contributed by atoms with Crippen molar-refractivity contribution in [1.29, 1.82) is 0 Å². The number of halogens is 4.